The molecular weight excluding hydrogens is 255 g/mol. The van der Waals surface area contributed by atoms with E-state index >= 15 is 0 Å². The molecule has 0 amide bonds. The SMILES string of the molecule is CNC(c1coc(C)c1)c1ccccc1C(F)(F)F. The van der Waals surface area contributed by atoms with E-state index in [1.165, 1.54) is 18.4 Å². The highest BCUT2D eigenvalue weighted by atomic mass is 19.4. The zero-order valence-electron chi connectivity index (χ0n) is 10.6. The van der Waals surface area contributed by atoms with Crippen LogP contribution in [0.3, 0.4) is 0 Å². The summed E-state index contributed by atoms with van der Waals surface area (Å²) in [6, 6.07) is 6.74. The number of aryl methyl sites for hydroxylation is 1. The van der Waals surface area contributed by atoms with Crippen molar-refractivity contribution < 1.29 is 17.6 Å². The van der Waals surface area contributed by atoms with Crippen molar-refractivity contribution in [1.29, 1.82) is 0 Å². The van der Waals surface area contributed by atoms with Gasteiger partial charge in [0, 0.05) is 5.56 Å². The standard InChI is InChI=1S/C14H14F3NO/c1-9-7-10(8-19-9)13(18-2)11-5-3-4-6-12(11)14(15,16)17/h3-8,13,18H,1-2H3. The van der Waals surface area contributed by atoms with Gasteiger partial charge in [-0.1, -0.05) is 18.2 Å². The third kappa shape index (κ3) is 2.81. The van der Waals surface area contributed by atoms with Crippen molar-refractivity contribution in [3.63, 3.8) is 0 Å². The fourth-order valence-corrected chi connectivity index (χ4v) is 2.12. The van der Waals surface area contributed by atoms with Crippen molar-refractivity contribution in [3.05, 3.63) is 59.0 Å². The van der Waals surface area contributed by atoms with Crippen LogP contribution in [0, 0.1) is 6.92 Å². The molecule has 0 radical (unpaired) electrons. The second-order valence-corrected chi connectivity index (χ2v) is 4.30. The van der Waals surface area contributed by atoms with Crippen molar-refractivity contribution in [2.45, 2.75) is 19.1 Å². The minimum atomic E-state index is -4.37. The Morgan fingerprint density at radius 3 is 2.42 bits per heavy atom. The molecule has 102 valence electrons. The molecule has 1 heterocycles. The van der Waals surface area contributed by atoms with E-state index in [2.05, 4.69) is 5.32 Å². The maximum absolute atomic E-state index is 13.0. The molecule has 0 aliphatic carbocycles. The fourth-order valence-electron chi connectivity index (χ4n) is 2.12. The third-order valence-corrected chi connectivity index (χ3v) is 2.95. The van der Waals surface area contributed by atoms with E-state index in [-0.39, 0.29) is 5.56 Å². The van der Waals surface area contributed by atoms with Gasteiger partial charge in [-0.05, 0) is 31.7 Å². The maximum atomic E-state index is 13.0. The number of halogens is 3. The summed E-state index contributed by atoms with van der Waals surface area (Å²) in [7, 11) is 1.63. The Hall–Kier alpha value is -1.75. The van der Waals surface area contributed by atoms with Crippen molar-refractivity contribution in [3.8, 4) is 0 Å². The van der Waals surface area contributed by atoms with Crippen LogP contribution in [-0.4, -0.2) is 7.05 Å². The zero-order valence-corrected chi connectivity index (χ0v) is 10.6. The molecule has 19 heavy (non-hydrogen) atoms. The van der Waals surface area contributed by atoms with Crippen LogP contribution in [0.1, 0.15) is 28.5 Å². The molecule has 1 aromatic heterocycles. The summed E-state index contributed by atoms with van der Waals surface area (Å²) < 4.78 is 44.2. The Kier molecular flexibility index (Phi) is 3.66. The predicted molar refractivity (Wildman–Crippen MR) is 65.8 cm³/mol. The molecule has 1 unspecified atom stereocenters. The molecule has 0 aliphatic rings. The van der Waals surface area contributed by atoms with Gasteiger partial charge in [-0.15, -0.1) is 0 Å². The van der Waals surface area contributed by atoms with E-state index in [0.717, 1.165) is 6.07 Å². The van der Waals surface area contributed by atoms with Crippen LogP contribution in [-0.2, 0) is 6.18 Å². The Bertz CT molecular complexity index is 560. The summed E-state index contributed by atoms with van der Waals surface area (Å²) in [6.07, 6.45) is -2.89. The van der Waals surface area contributed by atoms with Crippen LogP contribution in [0.5, 0.6) is 0 Å². The van der Waals surface area contributed by atoms with Gasteiger partial charge in [-0.3, -0.25) is 0 Å². The summed E-state index contributed by atoms with van der Waals surface area (Å²) in [5.74, 6) is 0.666. The van der Waals surface area contributed by atoms with Crippen molar-refractivity contribution in [1.82, 2.24) is 5.32 Å². The molecule has 0 spiro atoms. The largest absolute Gasteiger partial charge is 0.469 e. The number of rotatable bonds is 3. The smallest absolute Gasteiger partial charge is 0.416 e. The molecule has 0 saturated heterocycles. The first-order valence-corrected chi connectivity index (χ1v) is 5.82. The van der Waals surface area contributed by atoms with Crippen molar-refractivity contribution in [2.75, 3.05) is 7.05 Å². The Balaban J connectivity index is 2.50. The van der Waals surface area contributed by atoms with Crippen LogP contribution in [0.15, 0.2) is 41.0 Å². The summed E-state index contributed by atoms with van der Waals surface area (Å²) in [5, 5.41) is 2.90. The molecule has 0 bridgehead atoms. The molecule has 5 heteroatoms. The second kappa shape index (κ2) is 5.09. The predicted octanol–water partition coefficient (Wildman–Crippen LogP) is 3.92. The fraction of sp³-hybridized carbons (Fsp3) is 0.286. The first kappa shape index (κ1) is 13.7. The highest BCUT2D eigenvalue weighted by Gasteiger charge is 2.35. The van der Waals surface area contributed by atoms with E-state index in [1.807, 2.05) is 0 Å². The lowest BCUT2D eigenvalue weighted by molar-refractivity contribution is -0.138. The highest BCUT2D eigenvalue weighted by Crippen LogP contribution is 2.36. The summed E-state index contributed by atoms with van der Waals surface area (Å²) in [4.78, 5) is 0. The highest BCUT2D eigenvalue weighted by molar-refractivity contribution is 5.38. The van der Waals surface area contributed by atoms with Crippen LogP contribution in [0.2, 0.25) is 0 Å². The summed E-state index contributed by atoms with van der Waals surface area (Å²) in [5.41, 5.74) is 0.239. The lowest BCUT2D eigenvalue weighted by atomic mass is 9.95. The van der Waals surface area contributed by atoms with E-state index in [4.69, 9.17) is 4.42 Å². The maximum Gasteiger partial charge on any atom is 0.416 e. The van der Waals surface area contributed by atoms with E-state index in [1.54, 1.807) is 26.1 Å². The number of hydrogen-bond acceptors (Lipinski definition) is 2. The summed E-state index contributed by atoms with van der Waals surface area (Å²) >= 11 is 0. The van der Waals surface area contributed by atoms with E-state index < -0.39 is 17.8 Å². The van der Waals surface area contributed by atoms with Gasteiger partial charge in [0.15, 0.2) is 0 Å². The topological polar surface area (TPSA) is 25.2 Å². The molecule has 2 aromatic rings. The van der Waals surface area contributed by atoms with Crippen LogP contribution in [0.4, 0.5) is 13.2 Å². The molecule has 1 N–H and O–H groups in total. The van der Waals surface area contributed by atoms with Gasteiger partial charge in [-0.25, -0.2) is 0 Å². The Morgan fingerprint density at radius 1 is 1.21 bits per heavy atom. The monoisotopic (exact) mass is 269 g/mol. The average molecular weight is 269 g/mol. The van der Waals surface area contributed by atoms with Gasteiger partial charge in [0.1, 0.15) is 5.76 Å². The normalized spacial score (nSPS) is 13.5. The zero-order chi connectivity index (χ0) is 14.0. The lowest BCUT2D eigenvalue weighted by Crippen LogP contribution is -2.21. The van der Waals surface area contributed by atoms with Gasteiger partial charge in [0.25, 0.3) is 0 Å². The third-order valence-electron chi connectivity index (χ3n) is 2.95. The minimum absolute atomic E-state index is 0.193. The number of furan rings is 1. The Labute approximate surface area is 109 Å². The van der Waals surface area contributed by atoms with E-state index in [0.29, 0.717) is 11.3 Å². The lowest BCUT2D eigenvalue weighted by Gasteiger charge is -2.20. The van der Waals surface area contributed by atoms with Crippen molar-refractivity contribution in [2.24, 2.45) is 0 Å². The van der Waals surface area contributed by atoms with E-state index in [9.17, 15) is 13.2 Å². The first-order valence-electron chi connectivity index (χ1n) is 5.82. The summed E-state index contributed by atoms with van der Waals surface area (Å²) in [6.45, 7) is 1.76. The number of alkyl halides is 3. The van der Waals surface area contributed by atoms with Gasteiger partial charge in [0.2, 0.25) is 0 Å². The van der Waals surface area contributed by atoms with Crippen LogP contribution in [0.25, 0.3) is 0 Å². The molecular formula is C14H14F3NO. The number of nitrogens with one attached hydrogen (secondary N) is 1. The molecule has 0 saturated carbocycles. The van der Waals surface area contributed by atoms with Crippen molar-refractivity contribution >= 4 is 0 Å². The Morgan fingerprint density at radius 2 is 1.89 bits per heavy atom. The molecule has 1 aromatic carbocycles. The van der Waals surface area contributed by atoms with Gasteiger partial charge < -0.3 is 9.73 Å². The molecule has 1 atom stereocenters. The van der Waals surface area contributed by atoms with Gasteiger partial charge >= 0.3 is 6.18 Å². The molecule has 2 rings (SSSR count). The quantitative estimate of drug-likeness (QED) is 0.913. The average Bonchev–Trinajstić information content (AvgIpc) is 2.76. The molecule has 0 fully saturated rings. The minimum Gasteiger partial charge on any atom is -0.469 e. The molecule has 0 aliphatic heterocycles. The van der Waals surface area contributed by atoms with Crippen LogP contribution < -0.4 is 5.32 Å². The number of benzene rings is 1. The second-order valence-electron chi connectivity index (χ2n) is 4.30. The van der Waals surface area contributed by atoms with Gasteiger partial charge in [-0.2, -0.15) is 13.2 Å². The van der Waals surface area contributed by atoms with Gasteiger partial charge in [0.05, 0.1) is 17.9 Å². The molecule has 2 nitrogen and oxygen atoms in total. The van der Waals surface area contributed by atoms with Crippen LogP contribution >= 0.6 is 0 Å². The number of hydrogen-bond donors (Lipinski definition) is 1. The first-order chi connectivity index (χ1) is 8.93.